The minimum atomic E-state index is -3.50. The summed E-state index contributed by atoms with van der Waals surface area (Å²) < 4.78 is 25.0. The summed E-state index contributed by atoms with van der Waals surface area (Å²) in [6.45, 7) is 3.34. The number of nitrogens with zero attached hydrogens (tertiary/aromatic N) is 1. The SMILES string of the molecule is CCN1C(=O)[C@@H](C)NS1(=O)=O. The van der Waals surface area contributed by atoms with E-state index >= 15 is 0 Å². The van der Waals surface area contributed by atoms with Crippen molar-refractivity contribution >= 4 is 16.1 Å². The van der Waals surface area contributed by atoms with Gasteiger partial charge in [-0.1, -0.05) is 0 Å². The van der Waals surface area contributed by atoms with Gasteiger partial charge in [-0.2, -0.15) is 13.1 Å². The normalized spacial score (nSPS) is 29.5. The molecule has 5 nitrogen and oxygen atoms in total. The molecule has 1 heterocycles. The first kappa shape index (κ1) is 8.48. The maximum Gasteiger partial charge on any atom is 0.304 e. The number of hydrogen-bond donors (Lipinski definition) is 1. The van der Waals surface area contributed by atoms with Gasteiger partial charge in [0.15, 0.2) is 0 Å². The molecule has 1 aliphatic rings. The largest absolute Gasteiger partial charge is 0.304 e. The van der Waals surface area contributed by atoms with Crippen LogP contribution in [0, 0.1) is 0 Å². The maximum absolute atomic E-state index is 11.0. The lowest BCUT2D eigenvalue weighted by molar-refractivity contribution is -0.126. The Morgan fingerprint density at radius 1 is 1.64 bits per heavy atom. The topological polar surface area (TPSA) is 66.5 Å². The lowest BCUT2D eigenvalue weighted by Gasteiger charge is -2.09. The number of likely N-dealkylation sites (N-methyl/N-ethyl adjacent to an activating group) is 1. The molecule has 1 N–H and O–H groups in total. The summed E-state index contributed by atoms with van der Waals surface area (Å²) in [6, 6.07) is -0.611. The van der Waals surface area contributed by atoms with Gasteiger partial charge in [0.2, 0.25) is 0 Å². The molecule has 1 amide bonds. The van der Waals surface area contributed by atoms with Crippen LogP contribution in [0.2, 0.25) is 0 Å². The smallest absolute Gasteiger partial charge is 0.272 e. The predicted octanol–water partition coefficient (Wildman–Crippen LogP) is -0.929. The third kappa shape index (κ3) is 1.23. The third-order valence-electron chi connectivity index (χ3n) is 1.52. The van der Waals surface area contributed by atoms with Gasteiger partial charge in [-0.3, -0.25) is 4.79 Å². The molecule has 1 atom stereocenters. The lowest BCUT2D eigenvalue weighted by Crippen LogP contribution is -2.31. The number of hydrogen-bond acceptors (Lipinski definition) is 3. The van der Waals surface area contributed by atoms with Gasteiger partial charge in [-0.15, -0.1) is 0 Å². The van der Waals surface area contributed by atoms with Crippen molar-refractivity contribution in [1.29, 1.82) is 0 Å². The highest BCUT2D eigenvalue weighted by Gasteiger charge is 2.38. The molecule has 64 valence electrons. The van der Waals surface area contributed by atoms with E-state index in [4.69, 9.17) is 0 Å². The van der Waals surface area contributed by atoms with Gasteiger partial charge < -0.3 is 0 Å². The van der Waals surface area contributed by atoms with Gasteiger partial charge in [0, 0.05) is 6.54 Å². The average molecular weight is 178 g/mol. The zero-order valence-electron chi connectivity index (χ0n) is 6.36. The highest BCUT2D eigenvalue weighted by Crippen LogP contribution is 2.10. The lowest BCUT2D eigenvalue weighted by atomic mass is 10.3. The van der Waals surface area contributed by atoms with Crippen LogP contribution < -0.4 is 4.72 Å². The van der Waals surface area contributed by atoms with Crippen LogP contribution in [0.15, 0.2) is 0 Å². The summed E-state index contributed by atoms with van der Waals surface area (Å²) in [5, 5.41) is 0. The van der Waals surface area contributed by atoms with Crippen LogP contribution in [0.5, 0.6) is 0 Å². The van der Waals surface area contributed by atoms with Crippen LogP contribution in [-0.2, 0) is 15.0 Å². The molecule has 0 unspecified atom stereocenters. The Morgan fingerprint density at radius 3 is 2.36 bits per heavy atom. The predicted molar refractivity (Wildman–Crippen MR) is 38.9 cm³/mol. The second-order valence-electron chi connectivity index (χ2n) is 2.35. The van der Waals surface area contributed by atoms with Gasteiger partial charge in [0.25, 0.3) is 5.91 Å². The minimum Gasteiger partial charge on any atom is -0.272 e. The van der Waals surface area contributed by atoms with Crippen LogP contribution in [-0.4, -0.2) is 31.2 Å². The van der Waals surface area contributed by atoms with E-state index in [-0.39, 0.29) is 12.5 Å². The van der Waals surface area contributed by atoms with E-state index in [0.717, 1.165) is 4.31 Å². The van der Waals surface area contributed by atoms with E-state index in [1.54, 1.807) is 6.92 Å². The van der Waals surface area contributed by atoms with Crippen molar-refractivity contribution in [2.45, 2.75) is 19.9 Å². The van der Waals surface area contributed by atoms with E-state index < -0.39 is 16.3 Å². The number of carbonyl (C=O) groups is 1. The molecule has 1 rings (SSSR count). The van der Waals surface area contributed by atoms with Crippen molar-refractivity contribution in [3.05, 3.63) is 0 Å². The van der Waals surface area contributed by atoms with E-state index in [0.29, 0.717) is 0 Å². The molecule has 1 saturated heterocycles. The molecule has 1 aliphatic heterocycles. The molecule has 1 fully saturated rings. The average Bonchev–Trinajstić information content (AvgIpc) is 2.03. The Bertz CT molecular complexity index is 271. The van der Waals surface area contributed by atoms with Crippen molar-refractivity contribution in [3.63, 3.8) is 0 Å². The van der Waals surface area contributed by atoms with Gasteiger partial charge >= 0.3 is 10.2 Å². The number of nitrogens with one attached hydrogen (secondary N) is 1. The van der Waals surface area contributed by atoms with Crippen LogP contribution in [0.1, 0.15) is 13.8 Å². The van der Waals surface area contributed by atoms with Crippen LogP contribution >= 0.6 is 0 Å². The molecule has 6 heteroatoms. The fraction of sp³-hybridized carbons (Fsp3) is 0.800. The number of carbonyl (C=O) groups excluding carboxylic acids is 1. The quantitative estimate of drug-likeness (QED) is 0.564. The fourth-order valence-corrected chi connectivity index (χ4v) is 2.41. The third-order valence-corrected chi connectivity index (χ3v) is 3.19. The molecule has 0 aromatic carbocycles. The highest BCUT2D eigenvalue weighted by atomic mass is 32.2. The molecule has 0 aliphatic carbocycles. The molecule has 11 heavy (non-hydrogen) atoms. The Labute approximate surface area is 65.6 Å². The summed E-state index contributed by atoms with van der Waals surface area (Å²) >= 11 is 0. The van der Waals surface area contributed by atoms with Crippen molar-refractivity contribution in [3.8, 4) is 0 Å². The van der Waals surface area contributed by atoms with Gasteiger partial charge in [0.05, 0.1) is 0 Å². The van der Waals surface area contributed by atoms with E-state index in [1.165, 1.54) is 6.92 Å². The summed E-state index contributed by atoms with van der Waals surface area (Å²) in [7, 11) is -3.50. The first-order valence-corrected chi connectivity index (χ1v) is 4.77. The Balaban J connectivity index is 3.01. The summed E-state index contributed by atoms with van der Waals surface area (Å²) in [6.07, 6.45) is 0. The van der Waals surface area contributed by atoms with Gasteiger partial charge in [-0.05, 0) is 13.8 Å². The first-order chi connectivity index (χ1) is 4.99. The minimum absolute atomic E-state index is 0.193. The standard InChI is InChI=1S/C5H10N2O3S/c1-3-7-5(8)4(2)6-11(7,9)10/h4,6H,3H2,1-2H3/t4-/m1/s1. The zero-order valence-corrected chi connectivity index (χ0v) is 7.18. The molecule has 0 aromatic rings. The molecule has 0 saturated carbocycles. The molecule has 0 radical (unpaired) electrons. The van der Waals surface area contributed by atoms with Crippen LogP contribution in [0.4, 0.5) is 0 Å². The summed E-state index contributed by atoms with van der Waals surface area (Å²) in [5.41, 5.74) is 0. The second kappa shape index (κ2) is 2.46. The Hall–Kier alpha value is -0.620. The Morgan fingerprint density at radius 2 is 2.18 bits per heavy atom. The van der Waals surface area contributed by atoms with Crippen molar-refractivity contribution in [2.24, 2.45) is 0 Å². The van der Waals surface area contributed by atoms with Gasteiger partial charge in [-0.25, -0.2) is 4.31 Å². The molecular formula is C5H10N2O3S. The molecule has 0 bridgehead atoms. The first-order valence-electron chi connectivity index (χ1n) is 3.33. The van der Waals surface area contributed by atoms with Gasteiger partial charge in [0.1, 0.15) is 6.04 Å². The number of rotatable bonds is 1. The highest BCUT2D eigenvalue weighted by molar-refractivity contribution is 7.88. The fourth-order valence-electron chi connectivity index (χ4n) is 0.998. The maximum atomic E-state index is 11.0. The molecule has 0 spiro atoms. The van der Waals surface area contributed by atoms with E-state index in [2.05, 4.69) is 4.72 Å². The van der Waals surface area contributed by atoms with E-state index in [1.807, 2.05) is 0 Å². The van der Waals surface area contributed by atoms with Crippen molar-refractivity contribution in [1.82, 2.24) is 9.03 Å². The van der Waals surface area contributed by atoms with Crippen LogP contribution in [0.25, 0.3) is 0 Å². The summed E-state index contributed by atoms with van der Waals surface area (Å²) in [5.74, 6) is -0.382. The zero-order chi connectivity index (χ0) is 8.65. The van der Waals surface area contributed by atoms with Crippen LogP contribution in [0.3, 0.4) is 0 Å². The molecular weight excluding hydrogens is 168 g/mol. The summed E-state index contributed by atoms with van der Waals surface area (Å²) in [4.78, 5) is 11.0. The Kier molecular flexibility index (Phi) is 1.89. The van der Waals surface area contributed by atoms with E-state index in [9.17, 15) is 13.2 Å². The second-order valence-corrected chi connectivity index (χ2v) is 3.97. The van der Waals surface area contributed by atoms with Crippen molar-refractivity contribution < 1.29 is 13.2 Å². The number of amides is 1. The molecule has 0 aromatic heterocycles. The van der Waals surface area contributed by atoms with Crippen molar-refractivity contribution in [2.75, 3.05) is 6.54 Å². The monoisotopic (exact) mass is 178 g/mol.